The van der Waals surface area contributed by atoms with Crippen molar-refractivity contribution in [1.29, 1.82) is 0 Å². The molecular weight excluding hydrogens is 352 g/mol. The Balaban J connectivity index is 1.40. The number of aromatic nitrogens is 2. The number of benzene rings is 1. The van der Waals surface area contributed by atoms with Crippen molar-refractivity contribution in [3.8, 4) is 0 Å². The number of anilines is 1. The SMILES string of the molecule is Cc1ccc(C(=O)N2CCC[C@H](C(=O)Nc3ccnn3C3CCCC3)C2)cc1. The first-order valence-electron chi connectivity index (χ1n) is 10.3. The van der Waals surface area contributed by atoms with Crippen molar-refractivity contribution in [3.63, 3.8) is 0 Å². The molecule has 4 rings (SSSR count). The van der Waals surface area contributed by atoms with Gasteiger partial charge in [-0.1, -0.05) is 30.5 Å². The Morgan fingerprint density at radius 1 is 1.04 bits per heavy atom. The summed E-state index contributed by atoms with van der Waals surface area (Å²) in [4.78, 5) is 27.5. The molecule has 28 heavy (non-hydrogen) atoms. The second kappa shape index (κ2) is 8.17. The smallest absolute Gasteiger partial charge is 0.253 e. The Hall–Kier alpha value is -2.63. The number of hydrogen-bond donors (Lipinski definition) is 1. The normalized spacial score (nSPS) is 20.3. The molecule has 2 fully saturated rings. The van der Waals surface area contributed by atoms with Crippen LogP contribution in [0.15, 0.2) is 36.5 Å². The number of piperidine rings is 1. The molecule has 1 aliphatic carbocycles. The number of carbonyl (C=O) groups excluding carboxylic acids is 2. The van der Waals surface area contributed by atoms with Gasteiger partial charge in [-0.2, -0.15) is 5.10 Å². The van der Waals surface area contributed by atoms with Gasteiger partial charge in [0, 0.05) is 24.7 Å². The maximum absolute atomic E-state index is 12.9. The minimum atomic E-state index is -0.185. The molecule has 1 atom stereocenters. The molecule has 1 aromatic heterocycles. The Kier molecular flexibility index (Phi) is 5.46. The summed E-state index contributed by atoms with van der Waals surface area (Å²) in [5.74, 6) is 0.587. The fourth-order valence-electron chi connectivity index (χ4n) is 4.34. The highest BCUT2D eigenvalue weighted by Gasteiger charge is 2.30. The minimum absolute atomic E-state index is 0.00787. The molecule has 0 bridgehead atoms. The van der Waals surface area contributed by atoms with E-state index in [9.17, 15) is 9.59 Å². The molecule has 6 nitrogen and oxygen atoms in total. The monoisotopic (exact) mass is 380 g/mol. The van der Waals surface area contributed by atoms with Crippen LogP contribution in [-0.4, -0.2) is 39.6 Å². The summed E-state index contributed by atoms with van der Waals surface area (Å²) in [6.45, 7) is 3.18. The molecule has 1 N–H and O–H groups in total. The Labute approximate surface area is 165 Å². The number of carbonyl (C=O) groups is 2. The van der Waals surface area contributed by atoms with E-state index in [1.54, 1.807) is 6.20 Å². The van der Waals surface area contributed by atoms with E-state index in [0.29, 0.717) is 24.7 Å². The molecule has 1 aromatic carbocycles. The summed E-state index contributed by atoms with van der Waals surface area (Å²) in [7, 11) is 0. The first-order chi connectivity index (χ1) is 13.6. The van der Waals surface area contributed by atoms with Crippen LogP contribution in [0.25, 0.3) is 0 Å². The van der Waals surface area contributed by atoms with Gasteiger partial charge in [0.15, 0.2) is 0 Å². The summed E-state index contributed by atoms with van der Waals surface area (Å²) in [5, 5.41) is 7.49. The van der Waals surface area contributed by atoms with Crippen molar-refractivity contribution in [1.82, 2.24) is 14.7 Å². The Morgan fingerprint density at radius 3 is 2.54 bits per heavy atom. The van der Waals surface area contributed by atoms with E-state index >= 15 is 0 Å². The second-order valence-corrected chi connectivity index (χ2v) is 8.04. The molecule has 2 aliphatic rings. The molecule has 148 valence electrons. The van der Waals surface area contributed by atoms with Crippen LogP contribution in [0.1, 0.15) is 60.5 Å². The third kappa shape index (κ3) is 3.96. The van der Waals surface area contributed by atoms with E-state index in [1.165, 1.54) is 12.8 Å². The third-order valence-electron chi connectivity index (χ3n) is 5.97. The maximum Gasteiger partial charge on any atom is 0.253 e. The fourth-order valence-corrected chi connectivity index (χ4v) is 4.34. The van der Waals surface area contributed by atoms with Gasteiger partial charge in [-0.25, -0.2) is 4.68 Å². The van der Waals surface area contributed by atoms with Gasteiger partial charge >= 0.3 is 0 Å². The fraction of sp³-hybridized carbons (Fsp3) is 0.500. The van der Waals surface area contributed by atoms with Crippen molar-refractivity contribution >= 4 is 17.6 Å². The van der Waals surface area contributed by atoms with Gasteiger partial charge in [0.05, 0.1) is 18.2 Å². The highest BCUT2D eigenvalue weighted by atomic mass is 16.2. The quantitative estimate of drug-likeness (QED) is 0.877. The predicted octanol–water partition coefficient (Wildman–Crippen LogP) is 3.80. The maximum atomic E-state index is 12.9. The summed E-state index contributed by atoms with van der Waals surface area (Å²) in [5.41, 5.74) is 1.82. The van der Waals surface area contributed by atoms with Gasteiger partial charge in [-0.15, -0.1) is 0 Å². The Morgan fingerprint density at radius 2 is 1.79 bits per heavy atom. The molecular formula is C22H28N4O2. The topological polar surface area (TPSA) is 67.2 Å². The molecule has 0 unspecified atom stereocenters. The summed E-state index contributed by atoms with van der Waals surface area (Å²) >= 11 is 0. The number of aryl methyl sites for hydroxylation is 1. The van der Waals surface area contributed by atoms with Crippen LogP contribution in [0.3, 0.4) is 0 Å². The zero-order valence-electron chi connectivity index (χ0n) is 16.4. The van der Waals surface area contributed by atoms with Gasteiger partial charge in [0.1, 0.15) is 5.82 Å². The number of likely N-dealkylation sites (tertiary alicyclic amines) is 1. The first kappa shape index (κ1) is 18.7. The molecule has 6 heteroatoms. The van der Waals surface area contributed by atoms with Crippen LogP contribution in [0.4, 0.5) is 5.82 Å². The third-order valence-corrected chi connectivity index (χ3v) is 5.97. The lowest BCUT2D eigenvalue weighted by Crippen LogP contribution is -2.44. The van der Waals surface area contributed by atoms with Crippen molar-refractivity contribution in [3.05, 3.63) is 47.7 Å². The number of nitrogens with zero attached hydrogens (tertiary/aromatic N) is 3. The summed E-state index contributed by atoms with van der Waals surface area (Å²) in [6.07, 6.45) is 8.08. The number of amides is 2. The number of hydrogen-bond acceptors (Lipinski definition) is 3. The van der Waals surface area contributed by atoms with Crippen LogP contribution in [0.2, 0.25) is 0 Å². The molecule has 2 aromatic rings. The highest BCUT2D eigenvalue weighted by Crippen LogP contribution is 2.31. The van der Waals surface area contributed by atoms with Crippen molar-refractivity contribution < 1.29 is 9.59 Å². The lowest BCUT2D eigenvalue weighted by atomic mass is 9.96. The first-order valence-corrected chi connectivity index (χ1v) is 10.3. The van der Waals surface area contributed by atoms with E-state index in [-0.39, 0.29) is 17.7 Å². The van der Waals surface area contributed by atoms with E-state index in [1.807, 2.05) is 46.8 Å². The van der Waals surface area contributed by atoms with E-state index in [4.69, 9.17) is 0 Å². The molecule has 2 amide bonds. The predicted molar refractivity (Wildman–Crippen MR) is 108 cm³/mol. The van der Waals surface area contributed by atoms with E-state index in [0.717, 1.165) is 37.1 Å². The second-order valence-electron chi connectivity index (χ2n) is 8.04. The average molecular weight is 380 g/mol. The Bertz CT molecular complexity index is 836. The number of rotatable bonds is 4. The van der Waals surface area contributed by atoms with Crippen LogP contribution >= 0.6 is 0 Å². The van der Waals surface area contributed by atoms with Crippen molar-refractivity contribution in [2.75, 3.05) is 18.4 Å². The van der Waals surface area contributed by atoms with E-state index < -0.39 is 0 Å². The summed E-state index contributed by atoms with van der Waals surface area (Å²) in [6, 6.07) is 9.88. The van der Waals surface area contributed by atoms with Gasteiger partial charge < -0.3 is 10.2 Å². The molecule has 1 saturated carbocycles. The van der Waals surface area contributed by atoms with Crippen LogP contribution < -0.4 is 5.32 Å². The highest BCUT2D eigenvalue weighted by molar-refractivity contribution is 5.96. The molecule has 0 radical (unpaired) electrons. The van der Waals surface area contributed by atoms with Crippen LogP contribution in [0, 0.1) is 12.8 Å². The van der Waals surface area contributed by atoms with E-state index in [2.05, 4.69) is 10.4 Å². The zero-order chi connectivity index (χ0) is 19.5. The van der Waals surface area contributed by atoms with Crippen molar-refractivity contribution in [2.45, 2.75) is 51.5 Å². The summed E-state index contributed by atoms with van der Waals surface area (Å²) < 4.78 is 1.96. The molecule has 0 spiro atoms. The van der Waals surface area contributed by atoms with Crippen LogP contribution in [0.5, 0.6) is 0 Å². The average Bonchev–Trinajstić information content (AvgIpc) is 3.39. The molecule has 1 aliphatic heterocycles. The van der Waals surface area contributed by atoms with Gasteiger partial charge in [0.25, 0.3) is 5.91 Å². The lowest BCUT2D eigenvalue weighted by molar-refractivity contribution is -0.121. The van der Waals surface area contributed by atoms with Gasteiger partial charge in [-0.05, 0) is 44.7 Å². The van der Waals surface area contributed by atoms with Crippen LogP contribution in [-0.2, 0) is 4.79 Å². The zero-order valence-corrected chi connectivity index (χ0v) is 16.4. The lowest BCUT2D eigenvalue weighted by Gasteiger charge is -2.32. The van der Waals surface area contributed by atoms with Gasteiger partial charge in [0.2, 0.25) is 5.91 Å². The largest absolute Gasteiger partial charge is 0.338 e. The standard InChI is InChI=1S/C22H28N4O2/c1-16-8-10-17(11-9-16)22(28)25-14-4-5-18(15-25)21(27)24-20-12-13-23-26(20)19-6-2-3-7-19/h8-13,18-19H,2-7,14-15H2,1H3,(H,24,27)/t18-/m0/s1. The minimum Gasteiger partial charge on any atom is -0.338 e. The van der Waals surface area contributed by atoms with Crippen molar-refractivity contribution in [2.24, 2.45) is 5.92 Å². The van der Waals surface area contributed by atoms with Gasteiger partial charge in [-0.3, -0.25) is 9.59 Å². The molecule has 1 saturated heterocycles. The number of nitrogens with one attached hydrogen (secondary N) is 1. The molecule has 2 heterocycles.